The molecule has 0 atom stereocenters. The lowest BCUT2D eigenvalue weighted by Crippen LogP contribution is -2.00. The molecule has 8 heteroatoms. The Bertz CT molecular complexity index is 1010. The Hall–Kier alpha value is -3.94. The summed E-state index contributed by atoms with van der Waals surface area (Å²) in [5.41, 5.74) is 2.48. The Morgan fingerprint density at radius 1 is 1.29 bits per heavy atom. The molecule has 0 amide bonds. The number of aromatic nitrogens is 2. The van der Waals surface area contributed by atoms with Crippen LogP contribution in [0, 0.1) is 10.1 Å². The van der Waals surface area contributed by atoms with Crippen LogP contribution in [0.15, 0.2) is 67.0 Å². The van der Waals surface area contributed by atoms with Gasteiger partial charge in [-0.15, -0.1) is 0 Å². The number of anilines is 2. The lowest BCUT2D eigenvalue weighted by atomic mass is 10.1. The van der Waals surface area contributed by atoms with Gasteiger partial charge >= 0.3 is 5.97 Å². The van der Waals surface area contributed by atoms with E-state index >= 15 is 0 Å². The number of ether oxygens (including phenoxy) is 1. The highest BCUT2D eigenvalue weighted by Gasteiger charge is 2.15. The van der Waals surface area contributed by atoms with Crippen molar-refractivity contribution in [3.8, 4) is 0 Å². The van der Waals surface area contributed by atoms with Crippen LogP contribution in [0.3, 0.4) is 0 Å². The predicted octanol–water partition coefficient (Wildman–Crippen LogP) is 3.77. The van der Waals surface area contributed by atoms with E-state index in [9.17, 15) is 14.9 Å². The van der Waals surface area contributed by atoms with Gasteiger partial charge < -0.3 is 10.1 Å². The Kier molecular flexibility index (Phi) is 5.81. The number of rotatable bonds is 7. The Morgan fingerprint density at radius 2 is 2.07 bits per heavy atom. The zero-order valence-corrected chi connectivity index (χ0v) is 15.1. The van der Waals surface area contributed by atoms with E-state index in [0.29, 0.717) is 23.5 Å². The molecule has 2 aromatic carbocycles. The number of carbonyl (C=O) groups excluding carboxylic acids is 1. The summed E-state index contributed by atoms with van der Waals surface area (Å²) in [4.78, 5) is 22.1. The van der Waals surface area contributed by atoms with Crippen LogP contribution < -0.4 is 5.32 Å². The first-order valence-corrected chi connectivity index (χ1v) is 8.43. The van der Waals surface area contributed by atoms with Gasteiger partial charge in [0.2, 0.25) is 0 Å². The van der Waals surface area contributed by atoms with E-state index in [2.05, 4.69) is 15.2 Å². The second-order valence-corrected chi connectivity index (χ2v) is 5.93. The van der Waals surface area contributed by atoms with Gasteiger partial charge in [0.05, 0.1) is 30.5 Å². The van der Waals surface area contributed by atoms with Gasteiger partial charge in [0.15, 0.2) is 0 Å². The SMILES string of the molecule is COC(=O)/C=C/c1ccc(Nc2cnn(Cc3ccccc3)c2)c([N+](=O)[O-])c1. The molecule has 142 valence electrons. The summed E-state index contributed by atoms with van der Waals surface area (Å²) in [6.07, 6.45) is 6.06. The van der Waals surface area contributed by atoms with Crippen molar-refractivity contribution in [2.45, 2.75) is 6.54 Å². The molecule has 0 bridgehead atoms. The number of benzene rings is 2. The Morgan fingerprint density at radius 3 is 2.79 bits per heavy atom. The quantitative estimate of drug-likeness (QED) is 0.291. The molecular weight excluding hydrogens is 360 g/mol. The van der Waals surface area contributed by atoms with Crippen LogP contribution in [-0.2, 0) is 16.1 Å². The molecule has 0 unspecified atom stereocenters. The third-order valence-electron chi connectivity index (χ3n) is 3.93. The number of nitro benzene ring substituents is 1. The summed E-state index contributed by atoms with van der Waals surface area (Å²) in [5.74, 6) is -0.532. The second kappa shape index (κ2) is 8.63. The molecule has 0 spiro atoms. The van der Waals surface area contributed by atoms with E-state index in [1.165, 1.54) is 25.3 Å². The average molecular weight is 378 g/mol. The van der Waals surface area contributed by atoms with Crippen LogP contribution in [-0.4, -0.2) is 27.8 Å². The standard InChI is InChI=1S/C20H18N4O4/c1-28-20(25)10-8-15-7-9-18(19(11-15)24(26)27)22-17-12-21-23(14-17)13-16-5-3-2-4-6-16/h2-12,14,22H,13H2,1H3/b10-8+. The van der Waals surface area contributed by atoms with Crippen molar-refractivity contribution in [2.24, 2.45) is 0 Å². The minimum absolute atomic E-state index is 0.108. The number of nitrogens with zero attached hydrogens (tertiary/aromatic N) is 3. The lowest BCUT2D eigenvalue weighted by Gasteiger charge is -2.06. The van der Waals surface area contributed by atoms with Crippen LogP contribution in [0.4, 0.5) is 17.1 Å². The minimum Gasteiger partial charge on any atom is -0.466 e. The van der Waals surface area contributed by atoms with Crippen LogP contribution in [0.25, 0.3) is 6.08 Å². The van der Waals surface area contributed by atoms with Crippen molar-refractivity contribution in [1.29, 1.82) is 0 Å². The van der Waals surface area contributed by atoms with E-state index in [-0.39, 0.29) is 5.69 Å². The molecule has 0 radical (unpaired) electrons. The van der Waals surface area contributed by atoms with E-state index in [4.69, 9.17) is 0 Å². The van der Waals surface area contributed by atoms with Gasteiger partial charge in [0, 0.05) is 18.3 Å². The highest BCUT2D eigenvalue weighted by Crippen LogP contribution is 2.29. The molecule has 8 nitrogen and oxygen atoms in total. The summed E-state index contributed by atoms with van der Waals surface area (Å²) in [6, 6.07) is 14.5. The number of methoxy groups -OCH3 is 1. The maximum atomic E-state index is 11.4. The summed E-state index contributed by atoms with van der Waals surface area (Å²) < 4.78 is 6.26. The lowest BCUT2D eigenvalue weighted by molar-refractivity contribution is -0.383. The number of esters is 1. The van der Waals surface area contributed by atoms with Crippen LogP contribution in [0.5, 0.6) is 0 Å². The van der Waals surface area contributed by atoms with Crippen molar-refractivity contribution in [1.82, 2.24) is 9.78 Å². The second-order valence-electron chi connectivity index (χ2n) is 5.93. The van der Waals surface area contributed by atoms with Crippen molar-refractivity contribution in [3.63, 3.8) is 0 Å². The molecule has 0 aliphatic carbocycles. The number of hydrogen-bond donors (Lipinski definition) is 1. The molecule has 0 saturated carbocycles. The van der Waals surface area contributed by atoms with Crippen LogP contribution in [0.2, 0.25) is 0 Å². The fourth-order valence-electron chi connectivity index (χ4n) is 2.58. The van der Waals surface area contributed by atoms with Gasteiger partial charge in [0.25, 0.3) is 5.69 Å². The van der Waals surface area contributed by atoms with Crippen LogP contribution >= 0.6 is 0 Å². The zero-order chi connectivity index (χ0) is 19.9. The maximum absolute atomic E-state index is 11.4. The molecular formula is C20H18N4O4. The van der Waals surface area contributed by atoms with Crippen molar-refractivity contribution >= 4 is 29.1 Å². The monoisotopic (exact) mass is 378 g/mol. The molecule has 0 aliphatic rings. The number of nitro groups is 1. The number of nitrogens with one attached hydrogen (secondary N) is 1. The van der Waals surface area contributed by atoms with Crippen molar-refractivity contribution in [3.05, 3.63) is 88.2 Å². The predicted molar refractivity (Wildman–Crippen MR) is 105 cm³/mol. The summed E-state index contributed by atoms with van der Waals surface area (Å²) in [6.45, 7) is 0.599. The fraction of sp³-hybridized carbons (Fsp3) is 0.100. The van der Waals surface area contributed by atoms with Crippen molar-refractivity contribution in [2.75, 3.05) is 12.4 Å². The van der Waals surface area contributed by atoms with Gasteiger partial charge in [0.1, 0.15) is 5.69 Å². The summed E-state index contributed by atoms with van der Waals surface area (Å²) in [5, 5.41) is 18.7. The highest BCUT2D eigenvalue weighted by atomic mass is 16.6. The first-order valence-electron chi connectivity index (χ1n) is 8.43. The third-order valence-corrected chi connectivity index (χ3v) is 3.93. The van der Waals surface area contributed by atoms with Crippen molar-refractivity contribution < 1.29 is 14.5 Å². The molecule has 28 heavy (non-hydrogen) atoms. The molecule has 1 aromatic heterocycles. The molecule has 3 aromatic rings. The van der Waals surface area contributed by atoms with Crippen LogP contribution in [0.1, 0.15) is 11.1 Å². The Labute approximate surface area is 161 Å². The first-order chi connectivity index (χ1) is 13.5. The normalized spacial score (nSPS) is 10.8. The average Bonchev–Trinajstić information content (AvgIpc) is 3.14. The summed E-state index contributed by atoms with van der Waals surface area (Å²) in [7, 11) is 1.26. The van der Waals surface area contributed by atoms with Gasteiger partial charge in [-0.05, 0) is 23.3 Å². The van der Waals surface area contributed by atoms with Gasteiger partial charge in [-0.1, -0.05) is 36.4 Å². The van der Waals surface area contributed by atoms with E-state index in [1.807, 2.05) is 30.3 Å². The number of hydrogen-bond acceptors (Lipinski definition) is 6. The molecule has 1 heterocycles. The van der Waals surface area contributed by atoms with E-state index < -0.39 is 10.9 Å². The first kappa shape index (κ1) is 18.8. The topological polar surface area (TPSA) is 99.3 Å². The highest BCUT2D eigenvalue weighted by molar-refractivity contribution is 5.87. The minimum atomic E-state index is -0.532. The molecule has 0 aliphatic heterocycles. The zero-order valence-electron chi connectivity index (χ0n) is 15.1. The van der Waals surface area contributed by atoms with Gasteiger partial charge in [-0.2, -0.15) is 5.10 Å². The van der Waals surface area contributed by atoms with Gasteiger partial charge in [-0.25, -0.2) is 4.79 Å². The van der Waals surface area contributed by atoms with E-state index in [1.54, 1.807) is 29.2 Å². The molecule has 0 fully saturated rings. The van der Waals surface area contributed by atoms with E-state index in [0.717, 1.165) is 5.56 Å². The largest absolute Gasteiger partial charge is 0.466 e. The number of carbonyl (C=O) groups is 1. The molecule has 0 saturated heterocycles. The summed E-state index contributed by atoms with van der Waals surface area (Å²) >= 11 is 0. The Balaban J connectivity index is 1.77. The fourth-order valence-corrected chi connectivity index (χ4v) is 2.58. The molecule has 3 rings (SSSR count). The third kappa shape index (κ3) is 4.82. The maximum Gasteiger partial charge on any atom is 0.330 e. The smallest absolute Gasteiger partial charge is 0.330 e. The van der Waals surface area contributed by atoms with Gasteiger partial charge in [-0.3, -0.25) is 14.8 Å². The molecule has 1 N–H and O–H groups in total.